The normalized spacial score (nSPS) is 9.31. The van der Waals surface area contributed by atoms with Crippen LogP contribution in [0.2, 0.25) is 0 Å². The summed E-state index contributed by atoms with van der Waals surface area (Å²) in [5, 5.41) is 11.8. The van der Waals surface area contributed by atoms with Crippen molar-refractivity contribution in [3.63, 3.8) is 0 Å². The number of carbonyl (C=O) groups is 1. The summed E-state index contributed by atoms with van der Waals surface area (Å²) in [5.41, 5.74) is 7.14. The van der Waals surface area contributed by atoms with E-state index in [9.17, 15) is 4.79 Å². The van der Waals surface area contributed by atoms with E-state index in [1.54, 1.807) is 32.3 Å². The van der Waals surface area contributed by atoms with Crippen molar-refractivity contribution in [2.24, 2.45) is 0 Å². The number of likely N-dealkylation sites (N-methyl/N-ethyl adjacent to an activating group) is 1. The molecule has 16 heavy (non-hydrogen) atoms. The molecule has 5 nitrogen and oxygen atoms in total. The van der Waals surface area contributed by atoms with Gasteiger partial charge in [0.25, 0.3) is 0 Å². The topological polar surface area (TPSA) is 82.2 Å². The molecule has 0 saturated heterocycles. The van der Waals surface area contributed by atoms with Gasteiger partial charge in [0.2, 0.25) is 5.91 Å². The van der Waals surface area contributed by atoms with Crippen molar-refractivity contribution in [2.45, 2.75) is 0 Å². The highest BCUT2D eigenvalue weighted by atomic mass is 16.2. The molecule has 5 heteroatoms. The largest absolute Gasteiger partial charge is 0.399 e. The van der Waals surface area contributed by atoms with Crippen LogP contribution in [0.1, 0.15) is 5.56 Å². The summed E-state index contributed by atoms with van der Waals surface area (Å²) >= 11 is 0. The number of anilines is 2. The van der Waals surface area contributed by atoms with E-state index in [1.165, 1.54) is 4.90 Å². The van der Waals surface area contributed by atoms with Crippen LogP contribution in [0.3, 0.4) is 0 Å². The molecule has 0 fully saturated rings. The molecular weight excluding hydrogens is 204 g/mol. The van der Waals surface area contributed by atoms with Gasteiger partial charge in [0.05, 0.1) is 17.8 Å². The molecule has 0 heterocycles. The van der Waals surface area contributed by atoms with E-state index in [2.05, 4.69) is 5.32 Å². The molecule has 0 aliphatic rings. The van der Waals surface area contributed by atoms with Gasteiger partial charge in [-0.15, -0.1) is 0 Å². The Morgan fingerprint density at radius 3 is 2.81 bits per heavy atom. The lowest BCUT2D eigenvalue weighted by Gasteiger charge is -2.12. The number of nitrogens with two attached hydrogens (primary N) is 1. The van der Waals surface area contributed by atoms with Gasteiger partial charge in [0, 0.05) is 19.8 Å². The number of amides is 1. The van der Waals surface area contributed by atoms with Crippen molar-refractivity contribution in [3.8, 4) is 6.07 Å². The third kappa shape index (κ3) is 2.89. The molecule has 0 radical (unpaired) electrons. The molecule has 0 saturated carbocycles. The van der Waals surface area contributed by atoms with Crippen LogP contribution >= 0.6 is 0 Å². The van der Waals surface area contributed by atoms with Crippen LogP contribution in [0.5, 0.6) is 0 Å². The van der Waals surface area contributed by atoms with Gasteiger partial charge in [-0.2, -0.15) is 5.26 Å². The molecule has 0 aromatic heterocycles. The number of nitrogens with one attached hydrogen (secondary N) is 1. The molecule has 3 N–H and O–H groups in total. The Hall–Kier alpha value is -2.22. The molecule has 0 bridgehead atoms. The molecular formula is C11H14N4O. The second-order valence-corrected chi connectivity index (χ2v) is 3.56. The van der Waals surface area contributed by atoms with E-state index in [0.717, 1.165) is 0 Å². The van der Waals surface area contributed by atoms with Crippen LogP contribution in [0.15, 0.2) is 18.2 Å². The first-order valence-corrected chi connectivity index (χ1v) is 4.78. The molecule has 0 aliphatic heterocycles. The summed E-state index contributed by atoms with van der Waals surface area (Å²) in [6.07, 6.45) is 0. The number of nitriles is 1. The first-order chi connectivity index (χ1) is 7.54. The molecule has 0 spiro atoms. The van der Waals surface area contributed by atoms with E-state index in [-0.39, 0.29) is 12.5 Å². The van der Waals surface area contributed by atoms with Gasteiger partial charge >= 0.3 is 0 Å². The molecule has 0 atom stereocenters. The van der Waals surface area contributed by atoms with Crippen LogP contribution in [-0.4, -0.2) is 31.4 Å². The first kappa shape index (κ1) is 11.9. The lowest BCUT2D eigenvalue weighted by Crippen LogP contribution is -2.28. The number of carbonyl (C=O) groups excluding carboxylic acids is 1. The van der Waals surface area contributed by atoms with Crippen molar-refractivity contribution in [2.75, 3.05) is 31.7 Å². The number of benzene rings is 1. The Bertz CT molecular complexity index is 434. The maximum Gasteiger partial charge on any atom is 0.241 e. The zero-order valence-electron chi connectivity index (χ0n) is 9.32. The maximum atomic E-state index is 11.3. The molecule has 1 amide bonds. The van der Waals surface area contributed by atoms with Crippen molar-refractivity contribution in [1.82, 2.24) is 4.90 Å². The summed E-state index contributed by atoms with van der Waals surface area (Å²) in [5.74, 6) is -0.0549. The Balaban J connectivity index is 2.75. The summed E-state index contributed by atoms with van der Waals surface area (Å²) < 4.78 is 0. The summed E-state index contributed by atoms with van der Waals surface area (Å²) in [6.45, 7) is 0.158. The van der Waals surface area contributed by atoms with Crippen LogP contribution in [-0.2, 0) is 4.79 Å². The quantitative estimate of drug-likeness (QED) is 0.729. The lowest BCUT2D eigenvalue weighted by atomic mass is 10.1. The number of hydrogen-bond acceptors (Lipinski definition) is 4. The van der Waals surface area contributed by atoms with Crippen molar-refractivity contribution < 1.29 is 4.79 Å². The van der Waals surface area contributed by atoms with Crippen molar-refractivity contribution >= 4 is 17.3 Å². The van der Waals surface area contributed by atoms with E-state index in [0.29, 0.717) is 16.9 Å². The predicted molar refractivity (Wildman–Crippen MR) is 62.8 cm³/mol. The van der Waals surface area contributed by atoms with E-state index < -0.39 is 0 Å². The molecule has 84 valence electrons. The minimum Gasteiger partial charge on any atom is -0.399 e. The lowest BCUT2D eigenvalue weighted by molar-refractivity contribution is -0.126. The zero-order valence-corrected chi connectivity index (χ0v) is 9.32. The van der Waals surface area contributed by atoms with Crippen LogP contribution in [0, 0.1) is 11.3 Å². The minimum atomic E-state index is -0.0549. The number of nitrogen functional groups attached to an aromatic ring is 1. The maximum absolute atomic E-state index is 11.3. The molecule has 1 aromatic rings. The second-order valence-electron chi connectivity index (χ2n) is 3.56. The van der Waals surface area contributed by atoms with Crippen LogP contribution in [0.4, 0.5) is 11.4 Å². The van der Waals surface area contributed by atoms with Gasteiger partial charge < -0.3 is 16.0 Å². The average Bonchev–Trinajstić information content (AvgIpc) is 2.26. The van der Waals surface area contributed by atoms with E-state index >= 15 is 0 Å². The van der Waals surface area contributed by atoms with Gasteiger partial charge in [-0.05, 0) is 18.2 Å². The molecule has 1 rings (SSSR count). The third-order valence-electron chi connectivity index (χ3n) is 2.09. The predicted octanol–water partition coefficient (Wildman–Crippen LogP) is 0.641. The van der Waals surface area contributed by atoms with Gasteiger partial charge in [-0.3, -0.25) is 4.79 Å². The summed E-state index contributed by atoms with van der Waals surface area (Å²) in [6, 6.07) is 6.97. The zero-order chi connectivity index (χ0) is 12.1. The monoisotopic (exact) mass is 218 g/mol. The highest BCUT2D eigenvalue weighted by molar-refractivity contribution is 5.81. The van der Waals surface area contributed by atoms with E-state index in [4.69, 9.17) is 11.0 Å². The summed E-state index contributed by atoms with van der Waals surface area (Å²) in [7, 11) is 3.36. The fourth-order valence-corrected chi connectivity index (χ4v) is 1.14. The highest BCUT2D eigenvalue weighted by Crippen LogP contribution is 2.17. The Labute approximate surface area is 94.5 Å². The third-order valence-corrected chi connectivity index (χ3v) is 2.09. The van der Waals surface area contributed by atoms with Crippen molar-refractivity contribution in [1.29, 1.82) is 5.26 Å². The minimum absolute atomic E-state index is 0.0549. The number of nitrogens with zero attached hydrogens (tertiary/aromatic N) is 2. The van der Waals surface area contributed by atoms with Crippen LogP contribution in [0.25, 0.3) is 0 Å². The number of hydrogen-bond donors (Lipinski definition) is 2. The van der Waals surface area contributed by atoms with Gasteiger partial charge in [-0.25, -0.2) is 0 Å². The van der Waals surface area contributed by atoms with Crippen molar-refractivity contribution in [3.05, 3.63) is 23.8 Å². The average molecular weight is 218 g/mol. The molecule has 1 aromatic carbocycles. The summed E-state index contributed by atoms with van der Waals surface area (Å²) in [4.78, 5) is 12.8. The Morgan fingerprint density at radius 1 is 1.56 bits per heavy atom. The standard InChI is InChI=1S/C11H14N4O/c1-15(2)11(16)7-14-10-4-3-9(13)5-8(10)6-12/h3-5,14H,7,13H2,1-2H3. The molecule has 0 aliphatic carbocycles. The fraction of sp³-hybridized carbons (Fsp3) is 0.273. The second kappa shape index (κ2) is 5.03. The SMILES string of the molecule is CN(C)C(=O)CNc1ccc(N)cc1C#N. The smallest absolute Gasteiger partial charge is 0.241 e. The van der Waals surface area contributed by atoms with Crippen LogP contribution < -0.4 is 11.1 Å². The first-order valence-electron chi connectivity index (χ1n) is 4.78. The molecule has 0 unspecified atom stereocenters. The number of rotatable bonds is 3. The van der Waals surface area contributed by atoms with E-state index in [1.807, 2.05) is 6.07 Å². The fourth-order valence-electron chi connectivity index (χ4n) is 1.14. The van der Waals surface area contributed by atoms with Gasteiger partial charge in [-0.1, -0.05) is 0 Å². The Kier molecular flexibility index (Phi) is 3.72. The van der Waals surface area contributed by atoms with Gasteiger partial charge in [0.15, 0.2) is 0 Å². The van der Waals surface area contributed by atoms with Gasteiger partial charge in [0.1, 0.15) is 6.07 Å². The highest BCUT2D eigenvalue weighted by Gasteiger charge is 2.06. The Morgan fingerprint density at radius 2 is 2.25 bits per heavy atom.